The Morgan fingerprint density at radius 3 is 2.69 bits per heavy atom. The highest BCUT2D eigenvalue weighted by atomic mass is 16.7. The Labute approximate surface area is 92.2 Å². The van der Waals surface area contributed by atoms with Gasteiger partial charge in [0.2, 0.25) is 12.5 Å². The molecule has 1 aromatic rings. The number of aromatic hydroxyl groups is 1. The minimum atomic E-state index is -1.25. The van der Waals surface area contributed by atoms with E-state index in [-0.39, 0.29) is 29.8 Å². The smallest absolute Gasteiger partial charge is 0.231 e. The van der Waals surface area contributed by atoms with E-state index in [1.807, 2.05) is 0 Å². The van der Waals surface area contributed by atoms with Gasteiger partial charge in [-0.2, -0.15) is 0 Å². The van der Waals surface area contributed by atoms with Crippen LogP contribution in [0.1, 0.15) is 24.2 Å². The third-order valence-electron chi connectivity index (χ3n) is 2.52. The molecule has 0 fully saturated rings. The minimum Gasteiger partial charge on any atom is -0.504 e. The summed E-state index contributed by atoms with van der Waals surface area (Å²) < 4.78 is 10.2. The molecule has 0 bridgehead atoms. The number of aliphatic hydroxyl groups is 1. The Morgan fingerprint density at radius 1 is 1.44 bits per heavy atom. The lowest BCUT2D eigenvalue weighted by Gasteiger charge is -2.12. The average molecular weight is 224 g/mol. The molecule has 16 heavy (non-hydrogen) atoms. The van der Waals surface area contributed by atoms with E-state index in [1.54, 1.807) is 6.92 Å². The molecule has 0 radical (unpaired) electrons. The van der Waals surface area contributed by atoms with Crippen molar-refractivity contribution >= 4 is 5.78 Å². The molecule has 1 unspecified atom stereocenters. The predicted molar refractivity (Wildman–Crippen MR) is 54.6 cm³/mol. The zero-order chi connectivity index (χ0) is 11.9. The number of benzene rings is 1. The van der Waals surface area contributed by atoms with Gasteiger partial charge in [0.1, 0.15) is 6.10 Å². The van der Waals surface area contributed by atoms with Gasteiger partial charge in [0.05, 0.1) is 0 Å². The maximum atomic E-state index is 11.1. The summed E-state index contributed by atoms with van der Waals surface area (Å²) in [5.74, 6) is 0.0240. The molecule has 1 aliphatic heterocycles. The van der Waals surface area contributed by atoms with Gasteiger partial charge in [-0.25, -0.2) is 0 Å². The molecule has 1 atom stereocenters. The van der Waals surface area contributed by atoms with Gasteiger partial charge in [0.15, 0.2) is 17.3 Å². The van der Waals surface area contributed by atoms with Crippen molar-refractivity contribution in [1.82, 2.24) is 0 Å². The van der Waals surface area contributed by atoms with E-state index in [1.165, 1.54) is 13.0 Å². The molecule has 1 heterocycles. The monoisotopic (exact) mass is 224 g/mol. The maximum absolute atomic E-state index is 11.1. The topological polar surface area (TPSA) is 76.0 Å². The Hall–Kier alpha value is -1.75. The first-order chi connectivity index (χ1) is 7.52. The molecule has 2 rings (SSSR count). The van der Waals surface area contributed by atoms with Crippen LogP contribution < -0.4 is 9.47 Å². The van der Waals surface area contributed by atoms with E-state index < -0.39 is 6.10 Å². The van der Waals surface area contributed by atoms with Gasteiger partial charge in [0.25, 0.3) is 0 Å². The highest BCUT2D eigenvalue weighted by molar-refractivity contribution is 5.83. The number of carbonyl (C=O) groups excluding carboxylic acids is 1. The number of ether oxygens (including phenoxy) is 2. The molecule has 2 N–H and O–H groups in total. The SMILES string of the molecule is CC(=O)C(O)c1cc(C)c(O)c2c1OCO2. The lowest BCUT2D eigenvalue weighted by Crippen LogP contribution is -2.09. The quantitative estimate of drug-likeness (QED) is 0.785. The third-order valence-corrected chi connectivity index (χ3v) is 2.52. The second-order valence-corrected chi connectivity index (χ2v) is 3.71. The van der Waals surface area contributed by atoms with Gasteiger partial charge in [0, 0.05) is 5.56 Å². The number of hydrogen-bond acceptors (Lipinski definition) is 5. The second kappa shape index (κ2) is 3.68. The fourth-order valence-electron chi connectivity index (χ4n) is 1.64. The molecular formula is C11H12O5. The standard InChI is InChI=1S/C11H12O5/c1-5-3-7(9(14)6(2)12)10-11(8(5)13)16-4-15-10/h3,9,13-14H,4H2,1-2H3. The van der Waals surface area contributed by atoms with Crippen LogP contribution in [-0.4, -0.2) is 22.8 Å². The van der Waals surface area contributed by atoms with Crippen LogP contribution in [0.5, 0.6) is 17.2 Å². The van der Waals surface area contributed by atoms with Gasteiger partial charge in [-0.1, -0.05) is 0 Å². The van der Waals surface area contributed by atoms with Crippen LogP contribution in [0.3, 0.4) is 0 Å². The van der Waals surface area contributed by atoms with E-state index >= 15 is 0 Å². The molecule has 0 spiro atoms. The predicted octanol–water partition coefficient (Wildman–Crippen LogP) is 1.05. The number of aliphatic hydroxyl groups excluding tert-OH is 1. The fourth-order valence-corrected chi connectivity index (χ4v) is 1.64. The number of Topliss-reactive ketones (excluding diaryl/α,β-unsaturated/α-hetero) is 1. The maximum Gasteiger partial charge on any atom is 0.231 e. The lowest BCUT2D eigenvalue weighted by atomic mass is 10.0. The molecule has 0 amide bonds. The lowest BCUT2D eigenvalue weighted by molar-refractivity contribution is -0.125. The number of hydrogen-bond donors (Lipinski definition) is 2. The van der Waals surface area contributed by atoms with Crippen molar-refractivity contribution in [3.63, 3.8) is 0 Å². The van der Waals surface area contributed by atoms with Gasteiger partial charge >= 0.3 is 0 Å². The zero-order valence-corrected chi connectivity index (χ0v) is 8.98. The summed E-state index contributed by atoms with van der Waals surface area (Å²) in [7, 11) is 0. The van der Waals surface area contributed by atoms with Gasteiger partial charge in [-0.05, 0) is 25.5 Å². The van der Waals surface area contributed by atoms with E-state index in [2.05, 4.69) is 0 Å². The summed E-state index contributed by atoms with van der Waals surface area (Å²) in [5.41, 5.74) is 0.856. The second-order valence-electron chi connectivity index (χ2n) is 3.71. The number of rotatable bonds is 2. The van der Waals surface area contributed by atoms with Crippen LogP contribution in [-0.2, 0) is 4.79 Å². The van der Waals surface area contributed by atoms with Crippen LogP contribution >= 0.6 is 0 Å². The first kappa shape index (κ1) is 10.8. The molecule has 0 saturated carbocycles. The van der Waals surface area contributed by atoms with Crippen LogP contribution in [0, 0.1) is 6.92 Å². The number of phenols is 1. The summed E-state index contributed by atoms with van der Waals surface area (Å²) >= 11 is 0. The first-order valence-electron chi connectivity index (χ1n) is 4.83. The van der Waals surface area contributed by atoms with Crippen molar-refractivity contribution in [2.45, 2.75) is 20.0 Å². The van der Waals surface area contributed by atoms with Crippen LogP contribution in [0.25, 0.3) is 0 Å². The summed E-state index contributed by atoms with van der Waals surface area (Å²) in [5, 5.41) is 19.4. The number of fused-ring (bicyclic) bond motifs is 1. The molecule has 0 saturated heterocycles. The molecule has 5 heteroatoms. The Kier molecular flexibility index (Phi) is 2.47. The summed E-state index contributed by atoms with van der Waals surface area (Å²) in [6.45, 7) is 2.92. The summed E-state index contributed by atoms with van der Waals surface area (Å²) in [6, 6.07) is 1.52. The van der Waals surface area contributed by atoms with E-state index in [4.69, 9.17) is 9.47 Å². The normalized spacial score (nSPS) is 14.9. The summed E-state index contributed by atoms with van der Waals surface area (Å²) in [6.07, 6.45) is -1.25. The largest absolute Gasteiger partial charge is 0.504 e. The average Bonchev–Trinajstić information content (AvgIpc) is 2.71. The van der Waals surface area contributed by atoms with Gasteiger partial charge in [-0.15, -0.1) is 0 Å². The van der Waals surface area contributed by atoms with E-state index in [9.17, 15) is 15.0 Å². The van der Waals surface area contributed by atoms with Crippen molar-refractivity contribution in [3.8, 4) is 17.2 Å². The van der Waals surface area contributed by atoms with Crippen LogP contribution in [0.2, 0.25) is 0 Å². The Bertz CT molecular complexity index is 452. The van der Waals surface area contributed by atoms with Crippen molar-refractivity contribution in [1.29, 1.82) is 0 Å². The highest BCUT2D eigenvalue weighted by Gasteiger charge is 2.28. The number of carbonyl (C=O) groups is 1. The summed E-state index contributed by atoms with van der Waals surface area (Å²) in [4.78, 5) is 11.1. The molecule has 1 aliphatic rings. The number of aryl methyl sites for hydroxylation is 1. The van der Waals surface area contributed by atoms with Crippen LogP contribution in [0.4, 0.5) is 0 Å². The van der Waals surface area contributed by atoms with Crippen molar-refractivity contribution in [2.75, 3.05) is 6.79 Å². The van der Waals surface area contributed by atoms with Gasteiger partial charge in [-0.3, -0.25) is 4.79 Å². The number of ketones is 1. The zero-order valence-electron chi connectivity index (χ0n) is 8.98. The van der Waals surface area contributed by atoms with Crippen molar-refractivity contribution in [3.05, 3.63) is 17.2 Å². The van der Waals surface area contributed by atoms with Crippen LogP contribution in [0.15, 0.2) is 6.07 Å². The first-order valence-corrected chi connectivity index (χ1v) is 4.83. The fraction of sp³-hybridized carbons (Fsp3) is 0.364. The third kappa shape index (κ3) is 1.49. The van der Waals surface area contributed by atoms with Crippen molar-refractivity contribution in [2.24, 2.45) is 0 Å². The highest BCUT2D eigenvalue weighted by Crippen LogP contribution is 2.46. The Balaban J connectivity index is 2.59. The Morgan fingerprint density at radius 2 is 2.06 bits per heavy atom. The number of phenolic OH excluding ortho intramolecular Hbond substituents is 1. The minimum absolute atomic E-state index is 0.0213. The molecular weight excluding hydrogens is 212 g/mol. The van der Waals surface area contributed by atoms with Crippen molar-refractivity contribution < 1.29 is 24.5 Å². The van der Waals surface area contributed by atoms with E-state index in [0.29, 0.717) is 11.1 Å². The molecule has 0 aromatic heterocycles. The molecule has 1 aromatic carbocycles. The van der Waals surface area contributed by atoms with Gasteiger partial charge < -0.3 is 19.7 Å². The van der Waals surface area contributed by atoms with E-state index in [0.717, 1.165) is 0 Å². The molecule has 86 valence electrons. The molecule has 0 aliphatic carbocycles. The molecule has 5 nitrogen and oxygen atoms in total.